The van der Waals surface area contributed by atoms with E-state index in [2.05, 4.69) is 43.8 Å². The van der Waals surface area contributed by atoms with Crippen LogP contribution in [-0.4, -0.2) is 35.7 Å². The van der Waals surface area contributed by atoms with Crippen molar-refractivity contribution >= 4 is 0 Å². The van der Waals surface area contributed by atoms with Gasteiger partial charge in [0.05, 0.1) is 11.8 Å². The Bertz CT molecular complexity index is 377. The van der Waals surface area contributed by atoms with Crippen LogP contribution in [-0.2, 0) is 11.3 Å². The summed E-state index contributed by atoms with van der Waals surface area (Å²) >= 11 is 0. The van der Waals surface area contributed by atoms with E-state index in [1.165, 1.54) is 0 Å². The molecule has 0 bridgehead atoms. The van der Waals surface area contributed by atoms with Crippen molar-refractivity contribution in [3.63, 3.8) is 0 Å². The summed E-state index contributed by atoms with van der Waals surface area (Å²) in [6.45, 7) is 8.40. The summed E-state index contributed by atoms with van der Waals surface area (Å²) in [4.78, 5) is 6.79. The lowest BCUT2D eigenvalue weighted by atomic mass is 9.64. The second kappa shape index (κ2) is 5.37. The topological polar surface area (TPSA) is 25.4 Å². The Balaban J connectivity index is 1.93. The molecule has 0 radical (unpaired) electrons. The van der Waals surface area contributed by atoms with Gasteiger partial charge in [-0.2, -0.15) is 0 Å². The van der Waals surface area contributed by atoms with Crippen LogP contribution >= 0.6 is 0 Å². The number of rotatable bonds is 5. The van der Waals surface area contributed by atoms with Crippen LogP contribution in [0.25, 0.3) is 0 Å². The lowest BCUT2D eigenvalue weighted by Gasteiger charge is -2.55. The van der Waals surface area contributed by atoms with Crippen LogP contribution in [0.1, 0.15) is 32.9 Å². The quantitative estimate of drug-likeness (QED) is 0.801. The van der Waals surface area contributed by atoms with Gasteiger partial charge in [0, 0.05) is 30.8 Å². The molecule has 1 saturated carbocycles. The van der Waals surface area contributed by atoms with Crippen LogP contribution in [0.4, 0.5) is 0 Å². The standard InChI is InChI=1S/C15H24N2O/c1-5-18-14-10-13(15(14,2)3)17(4)11-12-8-6-7-9-16-12/h6-9,13-14H,5,10-11H2,1-4H3/t13-,14-/m1/s1. The zero-order chi connectivity index (χ0) is 13.2. The molecule has 0 amide bonds. The van der Waals surface area contributed by atoms with Crippen molar-refractivity contribution in [1.29, 1.82) is 0 Å². The molecule has 100 valence electrons. The van der Waals surface area contributed by atoms with Gasteiger partial charge >= 0.3 is 0 Å². The van der Waals surface area contributed by atoms with Gasteiger partial charge in [0.2, 0.25) is 0 Å². The number of nitrogens with zero attached hydrogens (tertiary/aromatic N) is 2. The van der Waals surface area contributed by atoms with E-state index in [9.17, 15) is 0 Å². The third-order valence-corrected chi connectivity index (χ3v) is 4.16. The van der Waals surface area contributed by atoms with Crippen molar-refractivity contribution in [1.82, 2.24) is 9.88 Å². The third-order valence-electron chi connectivity index (χ3n) is 4.16. The fraction of sp³-hybridized carbons (Fsp3) is 0.667. The van der Waals surface area contributed by atoms with Gasteiger partial charge in [-0.3, -0.25) is 9.88 Å². The van der Waals surface area contributed by atoms with Crippen molar-refractivity contribution in [3.05, 3.63) is 30.1 Å². The lowest BCUT2D eigenvalue weighted by Crippen LogP contribution is -2.61. The van der Waals surface area contributed by atoms with E-state index in [1.807, 2.05) is 18.3 Å². The summed E-state index contributed by atoms with van der Waals surface area (Å²) in [5, 5.41) is 0. The highest BCUT2D eigenvalue weighted by molar-refractivity contribution is 5.07. The Labute approximate surface area is 110 Å². The highest BCUT2D eigenvalue weighted by Gasteiger charge is 2.50. The molecule has 3 nitrogen and oxygen atoms in total. The van der Waals surface area contributed by atoms with Crippen molar-refractivity contribution in [2.24, 2.45) is 5.41 Å². The van der Waals surface area contributed by atoms with Crippen LogP contribution in [0.3, 0.4) is 0 Å². The van der Waals surface area contributed by atoms with Gasteiger partial charge in [-0.05, 0) is 32.5 Å². The van der Waals surface area contributed by atoms with Gasteiger partial charge in [-0.1, -0.05) is 19.9 Å². The average molecular weight is 248 g/mol. The molecule has 0 unspecified atom stereocenters. The largest absolute Gasteiger partial charge is 0.378 e. The van der Waals surface area contributed by atoms with Crippen LogP contribution < -0.4 is 0 Å². The minimum absolute atomic E-state index is 0.236. The second-order valence-electron chi connectivity index (χ2n) is 5.75. The normalized spacial score (nSPS) is 26.1. The summed E-state index contributed by atoms with van der Waals surface area (Å²) in [6, 6.07) is 6.67. The van der Waals surface area contributed by atoms with Crippen LogP contribution in [0.15, 0.2) is 24.4 Å². The molecule has 1 aliphatic rings. The third kappa shape index (κ3) is 2.57. The fourth-order valence-corrected chi connectivity index (χ4v) is 2.95. The maximum Gasteiger partial charge on any atom is 0.0655 e. The van der Waals surface area contributed by atoms with Gasteiger partial charge in [0.15, 0.2) is 0 Å². The highest BCUT2D eigenvalue weighted by Crippen LogP contribution is 2.45. The molecule has 3 heteroatoms. The molecule has 0 spiro atoms. The van der Waals surface area contributed by atoms with Crippen molar-refractivity contribution < 1.29 is 4.74 Å². The molecule has 0 aromatic carbocycles. The Morgan fingerprint density at radius 2 is 2.22 bits per heavy atom. The van der Waals surface area contributed by atoms with E-state index in [-0.39, 0.29) is 5.41 Å². The molecule has 0 saturated heterocycles. The minimum atomic E-state index is 0.236. The molecule has 18 heavy (non-hydrogen) atoms. The Kier molecular flexibility index (Phi) is 4.03. The highest BCUT2D eigenvalue weighted by atomic mass is 16.5. The molecule has 1 aromatic rings. The molecule has 1 aliphatic carbocycles. The van der Waals surface area contributed by atoms with Gasteiger partial charge in [-0.15, -0.1) is 0 Å². The second-order valence-corrected chi connectivity index (χ2v) is 5.75. The maximum atomic E-state index is 5.78. The van der Waals surface area contributed by atoms with E-state index in [1.54, 1.807) is 0 Å². The number of ether oxygens (including phenoxy) is 1. The van der Waals surface area contributed by atoms with Crippen LogP contribution in [0.2, 0.25) is 0 Å². The first kappa shape index (κ1) is 13.5. The van der Waals surface area contributed by atoms with Gasteiger partial charge in [0.25, 0.3) is 0 Å². The molecule has 0 aliphatic heterocycles. The zero-order valence-corrected chi connectivity index (χ0v) is 11.9. The summed E-state index contributed by atoms with van der Waals surface area (Å²) in [7, 11) is 2.18. The first-order valence-corrected chi connectivity index (χ1v) is 6.77. The van der Waals surface area contributed by atoms with E-state index < -0.39 is 0 Å². The van der Waals surface area contributed by atoms with E-state index in [0.29, 0.717) is 12.1 Å². The molecule has 0 N–H and O–H groups in total. The maximum absolute atomic E-state index is 5.78. The van der Waals surface area contributed by atoms with E-state index in [4.69, 9.17) is 4.74 Å². The SMILES string of the molecule is CCO[C@@H]1C[C@@H](N(C)Cc2ccccn2)C1(C)C. The molecule has 1 heterocycles. The predicted octanol–water partition coefficient (Wildman–Crippen LogP) is 2.72. The summed E-state index contributed by atoms with van der Waals surface area (Å²) in [6.07, 6.45) is 3.39. The van der Waals surface area contributed by atoms with Gasteiger partial charge in [0.1, 0.15) is 0 Å². The number of aromatic nitrogens is 1. The number of hydrogen-bond acceptors (Lipinski definition) is 3. The summed E-state index contributed by atoms with van der Waals surface area (Å²) in [5.41, 5.74) is 1.37. The lowest BCUT2D eigenvalue weighted by molar-refractivity contribution is -0.146. The zero-order valence-electron chi connectivity index (χ0n) is 11.9. The monoisotopic (exact) mass is 248 g/mol. The molecule has 2 rings (SSSR count). The van der Waals surface area contributed by atoms with Crippen molar-refractivity contribution in [2.75, 3.05) is 13.7 Å². The molecular weight excluding hydrogens is 224 g/mol. The Morgan fingerprint density at radius 1 is 1.44 bits per heavy atom. The van der Waals surface area contributed by atoms with Gasteiger partial charge < -0.3 is 4.74 Å². The molecule has 2 atom stereocenters. The van der Waals surface area contributed by atoms with E-state index >= 15 is 0 Å². The predicted molar refractivity (Wildman–Crippen MR) is 73.3 cm³/mol. The molecular formula is C15H24N2O. The van der Waals surface area contributed by atoms with Crippen molar-refractivity contribution in [2.45, 2.75) is 45.9 Å². The fourth-order valence-electron chi connectivity index (χ4n) is 2.95. The van der Waals surface area contributed by atoms with E-state index in [0.717, 1.165) is 25.3 Å². The van der Waals surface area contributed by atoms with Crippen LogP contribution in [0.5, 0.6) is 0 Å². The van der Waals surface area contributed by atoms with Crippen LogP contribution in [0, 0.1) is 5.41 Å². The van der Waals surface area contributed by atoms with Gasteiger partial charge in [-0.25, -0.2) is 0 Å². The Morgan fingerprint density at radius 3 is 2.78 bits per heavy atom. The number of hydrogen-bond donors (Lipinski definition) is 0. The summed E-state index contributed by atoms with van der Waals surface area (Å²) in [5.74, 6) is 0. The average Bonchev–Trinajstić information content (AvgIpc) is 2.35. The number of pyridine rings is 1. The first-order valence-electron chi connectivity index (χ1n) is 6.77. The molecule has 1 fully saturated rings. The summed E-state index contributed by atoms with van der Waals surface area (Å²) < 4.78 is 5.78. The molecule has 1 aromatic heterocycles. The Hall–Kier alpha value is -0.930. The minimum Gasteiger partial charge on any atom is -0.378 e. The van der Waals surface area contributed by atoms with Crippen molar-refractivity contribution in [3.8, 4) is 0 Å². The first-order chi connectivity index (χ1) is 8.55. The smallest absolute Gasteiger partial charge is 0.0655 e.